The summed E-state index contributed by atoms with van der Waals surface area (Å²) in [6, 6.07) is 23.0. The Morgan fingerprint density at radius 2 is 1.57 bits per heavy atom. The van der Waals surface area contributed by atoms with Crippen molar-refractivity contribution in [2.75, 3.05) is 29.5 Å². The van der Waals surface area contributed by atoms with E-state index in [1.807, 2.05) is 30.3 Å². The lowest BCUT2D eigenvalue weighted by Gasteiger charge is -2.22. The molecule has 0 aliphatic rings. The average molecular weight is 496 g/mol. The molecule has 184 valence electrons. The second kappa shape index (κ2) is 12.0. The van der Waals surface area contributed by atoms with Gasteiger partial charge < -0.3 is 15.4 Å². The van der Waals surface area contributed by atoms with Gasteiger partial charge in [-0.3, -0.25) is 13.9 Å². The van der Waals surface area contributed by atoms with Crippen LogP contribution in [-0.2, 0) is 21.4 Å². The summed E-state index contributed by atoms with van der Waals surface area (Å²) in [6.07, 6.45) is 1.51. The molecule has 0 fully saturated rings. The number of carbonyl (C=O) groups excluding carboxylic acids is 2. The zero-order chi connectivity index (χ0) is 25.3. The number of methoxy groups -OCH3 is 1. The molecule has 2 N–H and O–H groups in total. The highest BCUT2D eigenvalue weighted by Gasteiger charge is 2.18. The number of ether oxygens (including phenoxy) is 1. The first-order valence-electron chi connectivity index (χ1n) is 11.1. The first kappa shape index (κ1) is 25.8. The van der Waals surface area contributed by atoms with Crippen molar-refractivity contribution in [3.05, 3.63) is 90.0 Å². The number of hydrogen-bond donors (Lipinski definition) is 2. The number of sulfonamides is 1. The maximum Gasteiger partial charge on any atom is 0.253 e. The molecule has 0 heterocycles. The molecule has 2 amide bonds. The number of anilines is 2. The molecule has 0 saturated carbocycles. The van der Waals surface area contributed by atoms with Gasteiger partial charge in [0.25, 0.3) is 5.91 Å². The van der Waals surface area contributed by atoms with E-state index in [0.717, 1.165) is 11.8 Å². The van der Waals surface area contributed by atoms with E-state index in [1.54, 1.807) is 48.5 Å². The third kappa shape index (κ3) is 7.58. The van der Waals surface area contributed by atoms with Gasteiger partial charge in [0.1, 0.15) is 5.75 Å². The zero-order valence-corrected chi connectivity index (χ0v) is 20.5. The lowest BCUT2D eigenvalue weighted by atomic mass is 10.1. The van der Waals surface area contributed by atoms with Crippen molar-refractivity contribution >= 4 is 33.2 Å². The molecule has 0 atom stereocenters. The van der Waals surface area contributed by atoms with E-state index in [2.05, 4.69) is 10.6 Å². The molecule has 0 aromatic heterocycles. The fraction of sp³-hybridized carbons (Fsp3) is 0.231. The lowest BCUT2D eigenvalue weighted by molar-refractivity contribution is -0.116. The Kier molecular flexibility index (Phi) is 8.86. The molecule has 0 aliphatic carbocycles. The second-order valence-electron chi connectivity index (χ2n) is 7.90. The normalized spacial score (nSPS) is 10.9. The predicted molar refractivity (Wildman–Crippen MR) is 137 cm³/mol. The van der Waals surface area contributed by atoms with Crippen LogP contribution in [0.1, 0.15) is 28.8 Å². The number of benzene rings is 3. The molecule has 0 radical (unpaired) electrons. The van der Waals surface area contributed by atoms with E-state index >= 15 is 0 Å². The van der Waals surface area contributed by atoms with E-state index in [-0.39, 0.29) is 24.8 Å². The van der Waals surface area contributed by atoms with Crippen molar-refractivity contribution < 1.29 is 22.7 Å². The van der Waals surface area contributed by atoms with Crippen LogP contribution in [0.5, 0.6) is 5.75 Å². The summed E-state index contributed by atoms with van der Waals surface area (Å²) in [6.45, 7) is 0.506. The van der Waals surface area contributed by atoms with Crippen LogP contribution in [0.15, 0.2) is 78.9 Å². The highest BCUT2D eigenvalue weighted by atomic mass is 32.2. The molecule has 0 bridgehead atoms. The molecule has 3 rings (SSSR count). The molecule has 0 unspecified atom stereocenters. The summed E-state index contributed by atoms with van der Waals surface area (Å²) >= 11 is 0. The maximum absolute atomic E-state index is 12.7. The first-order valence-corrected chi connectivity index (χ1v) is 13.0. The molecule has 35 heavy (non-hydrogen) atoms. The fourth-order valence-electron chi connectivity index (χ4n) is 3.49. The standard InChI is InChI=1S/C26H29N3O5S/c1-34-22-16-14-21(15-17-22)29(35(2,32)33)18-8-13-25(30)28-24-12-7-6-11-23(24)26(31)27-19-20-9-4-3-5-10-20/h3-7,9-12,14-17H,8,13,18-19H2,1-2H3,(H,27,31)(H,28,30). The third-order valence-corrected chi connectivity index (χ3v) is 6.46. The van der Waals surface area contributed by atoms with Gasteiger partial charge in [0.15, 0.2) is 0 Å². The highest BCUT2D eigenvalue weighted by molar-refractivity contribution is 7.92. The van der Waals surface area contributed by atoms with Crippen molar-refractivity contribution in [1.82, 2.24) is 5.32 Å². The third-order valence-electron chi connectivity index (χ3n) is 5.27. The van der Waals surface area contributed by atoms with E-state index in [4.69, 9.17) is 4.74 Å². The van der Waals surface area contributed by atoms with Crippen molar-refractivity contribution in [1.29, 1.82) is 0 Å². The molecule has 9 heteroatoms. The lowest BCUT2D eigenvalue weighted by Crippen LogP contribution is -2.31. The number of para-hydroxylation sites is 1. The number of carbonyl (C=O) groups is 2. The fourth-order valence-corrected chi connectivity index (χ4v) is 4.46. The largest absolute Gasteiger partial charge is 0.497 e. The number of rotatable bonds is 11. The van der Waals surface area contributed by atoms with Gasteiger partial charge in [-0.15, -0.1) is 0 Å². The average Bonchev–Trinajstić information content (AvgIpc) is 2.85. The minimum Gasteiger partial charge on any atom is -0.497 e. The Bertz CT molecular complexity index is 1250. The summed E-state index contributed by atoms with van der Waals surface area (Å²) in [5.41, 5.74) is 2.22. The van der Waals surface area contributed by atoms with Crippen LogP contribution in [0.4, 0.5) is 11.4 Å². The summed E-state index contributed by atoms with van der Waals surface area (Å²) in [5.74, 6) is 0.0112. The van der Waals surface area contributed by atoms with Gasteiger partial charge in [-0.2, -0.15) is 0 Å². The minimum atomic E-state index is -3.53. The number of nitrogens with one attached hydrogen (secondary N) is 2. The SMILES string of the molecule is COc1ccc(N(CCCC(=O)Nc2ccccc2C(=O)NCc2ccccc2)S(C)(=O)=O)cc1. The Labute approximate surface area is 206 Å². The summed E-state index contributed by atoms with van der Waals surface area (Å²) in [5, 5.41) is 5.63. The molecular weight excluding hydrogens is 466 g/mol. The van der Waals surface area contributed by atoms with Gasteiger partial charge in [-0.05, 0) is 48.4 Å². The second-order valence-corrected chi connectivity index (χ2v) is 9.81. The predicted octanol–water partition coefficient (Wildman–Crippen LogP) is 3.81. The van der Waals surface area contributed by atoms with E-state index < -0.39 is 10.0 Å². The Hall–Kier alpha value is -3.85. The zero-order valence-electron chi connectivity index (χ0n) is 19.7. The van der Waals surface area contributed by atoms with Crippen LogP contribution in [-0.4, -0.2) is 40.1 Å². The number of amides is 2. The topological polar surface area (TPSA) is 105 Å². The van der Waals surface area contributed by atoms with Gasteiger partial charge in [-0.25, -0.2) is 8.42 Å². The molecule has 0 aliphatic heterocycles. The Morgan fingerprint density at radius 3 is 2.23 bits per heavy atom. The minimum absolute atomic E-state index is 0.0855. The Morgan fingerprint density at radius 1 is 0.914 bits per heavy atom. The highest BCUT2D eigenvalue weighted by Crippen LogP contribution is 2.22. The molecular formula is C26H29N3O5S. The van der Waals surface area contributed by atoms with Crippen molar-refractivity contribution in [2.45, 2.75) is 19.4 Å². The van der Waals surface area contributed by atoms with Crippen LogP contribution < -0.4 is 19.7 Å². The van der Waals surface area contributed by atoms with Gasteiger partial charge >= 0.3 is 0 Å². The van der Waals surface area contributed by atoms with Crippen LogP contribution in [0.25, 0.3) is 0 Å². The van der Waals surface area contributed by atoms with Crippen LogP contribution in [0.2, 0.25) is 0 Å². The van der Waals surface area contributed by atoms with Crippen molar-refractivity contribution in [2.24, 2.45) is 0 Å². The van der Waals surface area contributed by atoms with Crippen LogP contribution >= 0.6 is 0 Å². The molecule has 0 spiro atoms. The monoisotopic (exact) mass is 495 g/mol. The molecule has 3 aromatic rings. The summed E-state index contributed by atoms with van der Waals surface area (Å²) in [7, 11) is -2.00. The maximum atomic E-state index is 12.7. The summed E-state index contributed by atoms with van der Waals surface area (Å²) < 4.78 is 30.9. The van der Waals surface area contributed by atoms with E-state index in [9.17, 15) is 18.0 Å². The van der Waals surface area contributed by atoms with E-state index in [1.165, 1.54) is 11.4 Å². The first-order chi connectivity index (χ1) is 16.8. The van der Waals surface area contributed by atoms with Crippen molar-refractivity contribution in [3.63, 3.8) is 0 Å². The molecule has 0 saturated heterocycles. The van der Waals surface area contributed by atoms with Gasteiger partial charge in [0.2, 0.25) is 15.9 Å². The van der Waals surface area contributed by atoms with Crippen molar-refractivity contribution in [3.8, 4) is 5.75 Å². The quantitative estimate of drug-likeness (QED) is 0.421. The van der Waals surface area contributed by atoms with Crippen LogP contribution in [0, 0.1) is 0 Å². The Balaban J connectivity index is 1.58. The molecule has 8 nitrogen and oxygen atoms in total. The van der Waals surface area contributed by atoms with Gasteiger partial charge in [0.05, 0.1) is 30.3 Å². The van der Waals surface area contributed by atoms with E-state index in [0.29, 0.717) is 35.7 Å². The van der Waals surface area contributed by atoms with Gasteiger partial charge in [0, 0.05) is 19.5 Å². The molecule has 3 aromatic carbocycles. The van der Waals surface area contributed by atoms with Crippen LogP contribution in [0.3, 0.4) is 0 Å². The number of nitrogens with zero attached hydrogens (tertiary/aromatic N) is 1. The smallest absolute Gasteiger partial charge is 0.253 e. The van der Waals surface area contributed by atoms with Gasteiger partial charge in [-0.1, -0.05) is 42.5 Å². The number of hydrogen-bond acceptors (Lipinski definition) is 5. The summed E-state index contributed by atoms with van der Waals surface area (Å²) in [4.78, 5) is 25.3.